The smallest absolute Gasteiger partial charge is 0.265 e. The van der Waals surface area contributed by atoms with Crippen molar-refractivity contribution in [3.63, 3.8) is 0 Å². The number of nitrogens with one attached hydrogen (secondary N) is 1. The maximum Gasteiger partial charge on any atom is 0.265 e. The highest BCUT2D eigenvalue weighted by Gasteiger charge is 2.19. The zero-order valence-corrected chi connectivity index (χ0v) is 17.2. The summed E-state index contributed by atoms with van der Waals surface area (Å²) in [4.78, 5) is 13.2. The van der Waals surface area contributed by atoms with Crippen LogP contribution in [-0.4, -0.2) is 18.3 Å². The minimum absolute atomic E-state index is 0.106. The molecule has 2 aromatic rings. The zero-order valence-electron chi connectivity index (χ0n) is 16.3. The van der Waals surface area contributed by atoms with E-state index in [1.54, 1.807) is 11.8 Å². The van der Waals surface area contributed by atoms with Gasteiger partial charge in [0, 0.05) is 17.0 Å². The first kappa shape index (κ1) is 21.8. The second-order valence-electron chi connectivity index (χ2n) is 4.95. The fourth-order valence-corrected chi connectivity index (χ4v) is 3.19. The van der Waals surface area contributed by atoms with E-state index in [0.717, 1.165) is 22.6 Å². The topological polar surface area (TPSA) is 38.3 Å². The summed E-state index contributed by atoms with van der Waals surface area (Å²) in [5.74, 6) is 1.40. The Labute approximate surface area is 161 Å². The van der Waals surface area contributed by atoms with E-state index in [-0.39, 0.29) is 5.91 Å². The van der Waals surface area contributed by atoms with Crippen LogP contribution >= 0.6 is 11.8 Å². The highest BCUT2D eigenvalue weighted by molar-refractivity contribution is 8.04. The van der Waals surface area contributed by atoms with Gasteiger partial charge < -0.3 is 10.1 Å². The molecule has 4 heteroatoms. The summed E-state index contributed by atoms with van der Waals surface area (Å²) in [5, 5.41) is 3.01. The van der Waals surface area contributed by atoms with Crippen molar-refractivity contribution in [2.75, 3.05) is 17.7 Å². The Balaban J connectivity index is 0.000000791. The number of para-hydroxylation sites is 1. The molecule has 0 fully saturated rings. The molecule has 0 bridgehead atoms. The van der Waals surface area contributed by atoms with E-state index in [4.69, 9.17) is 4.74 Å². The summed E-state index contributed by atoms with van der Waals surface area (Å²) < 4.78 is 5.46. The molecule has 3 rings (SSSR count). The minimum atomic E-state index is -0.106. The monoisotopic (exact) mass is 371 g/mol. The predicted octanol–water partition coefficient (Wildman–Crippen LogP) is 6.34. The number of rotatable bonds is 3. The molecule has 0 saturated carbocycles. The van der Waals surface area contributed by atoms with Crippen molar-refractivity contribution >= 4 is 23.4 Å². The molecule has 0 unspecified atom stereocenters. The molecule has 0 spiro atoms. The van der Waals surface area contributed by atoms with Gasteiger partial charge >= 0.3 is 0 Å². The first-order chi connectivity index (χ1) is 12.8. The molecule has 0 atom stereocenters. The zero-order chi connectivity index (χ0) is 19.4. The van der Waals surface area contributed by atoms with Crippen LogP contribution in [0.25, 0.3) is 11.1 Å². The number of ether oxygens (including phenoxy) is 1. The third-order valence-corrected chi connectivity index (χ3v) is 4.57. The van der Waals surface area contributed by atoms with Crippen LogP contribution in [-0.2, 0) is 9.53 Å². The quantitative estimate of drug-likeness (QED) is 0.684. The van der Waals surface area contributed by atoms with E-state index in [0.29, 0.717) is 17.3 Å². The van der Waals surface area contributed by atoms with Gasteiger partial charge in [-0.05, 0) is 18.6 Å². The molecular weight excluding hydrogens is 342 g/mol. The van der Waals surface area contributed by atoms with Gasteiger partial charge in [-0.25, -0.2) is 0 Å². The molecule has 0 radical (unpaired) electrons. The molecule has 2 aromatic carbocycles. The Morgan fingerprint density at radius 3 is 2.23 bits per heavy atom. The first-order valence-electron chi connectivity index (χ1n) is 9.18. The van der Waals surface area contributed by atoms with Gasteiger partial charge in [0.25, 0.3) is 5.91 Å². The molecule has 1 heterocycles. The molecule has 1 N–H and O–H groups in total. The summed E-state index contributed by atoms with van der Waals surface area (Å²) in [6, 6.07) is 17.9. The molecular formula is C22H29NO2S. The molecule has 3 nitrogen and oxygen atoms in total. The molecule has 1 aliphatic heterocycles. The van der Waals surface area contributed by atoms with E-state index in [1.807, 2.05) is 89.2 Å². The summed E-state index contributed by atoms with van der Waals surface area (Å²) in [6.07, 6.45) is 0. The Bertz CT molecular complexity index is 711. The fourth-order valence-electron chi connectivity index (χ4n) is 2.37. The standard InChI is InChI=1S/C18H17NO2S.2C2H6/c1-13-17(22-12-11-21-13)18(20)19-16-10-6-5-9-15(16)14-7-3-2-4-8-14;2*1-2/h2-10H,11-12H2,1H3,(H,19,20);2*1-2H3. The number of hydrogen-bond donors (Lipinski definition) is 1. The van der Waals surface area contributed by atoms with Gasteiger partial charge in [-0.1, -0.05) is 76.2 Å². The molecule has 0 aromatic heterocycles. The van der Waals surface area contributed by atoms with Gasteiger partial charge in [0.15, 0.2) is 0 Å². The maximum atomic E-state index is 12.5. The van der Waals surface area contributed by atoms with Crippen molar-refractivity contribution in [3.8, 4) is 11.1 Å². The Hall–Kier alpha value is -2.20. The van der Waals surface area contributed by atoms with Crippen LogP contribution in [0.2, 0.25) is 0 Å². The number of anilines is 1. The highest BCUT2D eigenvalue weighted by atomic mass is 32.2. The molecule has 0 saturated heterocycles. The lowest BCUT2D eigenvalue weighted by molar-refractivity contribution is -0.112. The van der Waals surface area contributed by atoms with E-state index in [1.165, 1.54) is 0 Å². The van der Waals surface area contributed by atoms with Crippen molar-refractivity contribution < 1.29 is 9.53 Å². The van der Waals surface area contributed by atoms with Crippen molar-refractivity contribution in [3.05, 3.63) is 65.3 Å². The van der Waals surface area contributed by atoms with Gasteiger partial charge in [0.05, 0.1) is 6.61 Å². The van der Waals surface area contributed by atoms with E-state index < -0.39 is 0 Å². The average molecular weight is 372 g/mol. The van der Waals surface area contributed by atoms with Crippen molar-refractivity contribution in [1.82, 2.24) is 0 Å². The normalized spacial score (nSPS) is 12.7. The maximum absolute atomic E-state index is 12.5. The van der Waals surface area contributed by atoms with Crippen LogP contribution < -0.4 is 5.32 Å². The number of allylic oxidation sites excluding steroid dienone is 1. The van der Waals surface area contributed by atoms with Crippen LogP contribution in [0.4, 0.5) is 5.69 Å². The lowest BCUT2D eigenvalue weighted by atomic mass is 10.0. The second-order valence-corrected chi connectivity index (χ2v) is 6.05. The lowest BCUT2D eigenvalue weighted by Crippen LogP contribution is -2.18. The Morgan fingerprint density at radius 2 is 1.58 bits per heavy atom. The summed E-state index contributed by atoms with van der Waals surface area (Å²) in [7, 11) is 0. The summed E-state index contributed by atoms with van der Waals surface area (Å²) in [5.41, 5.74) is 2.90. The first-order valence-corrected chi connectivity index (χ1v) is 10.2. The van der Waals surface area contributed by atoms with Crippen LogP contribution in [0.1, 0.15) is 34.6 Å². The number of hydrogen-bond acceptors (Lipinski definition) is 3. The van der Waals surface area contributed by atoms with E-state index >= 15 is 0 Å². The largest absolute Gasteiger partial charge is 0.496 e. The average Bonchev–Trinajstić information content (AvgIpc) is 2.72. The molecule has 140 valence electrons. The van der Waals surface area contributed by atoms with Gasteiger partial charge in [-0.2, -0.15) is 0 Å². The van der Waals surface area contributed by atoms with Crippen molar-refractivity contribution in [2.45, 2.75) is 34.6 Å². The van der Waals surface area contributed by atoms with E-state index in [2.05, 4.69) is 5.32 Å². The van der Waals surface area contributed by atoms with Crippen molar-refractivity contribution in [2.24, 2.45) is 0 Å². The van der Waals surface area contributed by atoms with E-state index in [9.17, 15) is 4.79 Å². The predicted molar refractivity (Wildman–Crippen MR) is 114 cm³/mol. The summed E-state index contributed by atoms with van der Waals surface area (Å²) >= 11 is 1.54. The van der Waals surface area contributed by atoms with Crippen LogP contribution in [0.3, 0.4) is 0 Å². The summed E-state index contributed by atoms with van der Waals surface area (Å²) in [6.45, 7) is 10.5. The van der Waals surface area contributed by atoms with Gasteiger partial charge in [-0.3, -0.25) is 4.79 Å². The third kappa shape index (κ3) is 5.95. The van der Waals surface area contributed by atoms with Crippen LogP contribution in [0, 0.1) is 0 Å². The third-order valence-electron chi connectivity index (χ3n) is 3.43. The number of benzene rings is 2. The number of thioether (sulfide) groups is 1. The Morgan fingerprint density at radius 1 is 0.962 bits per heavy atom. The fraction of sp³-hybridized carbons (Fsp3) is 0.318. The molecule has 1 aliphatic rings. The second kappa shape index (κ2) is 12.2. The lowest BCUT2D eigenvalue weighted by Gasteiger charge is -2.18. The molecule has 1 amide bonds. The van der Waals surface area contributed by atoms with Gasteiger partial charge in [-0.15, -0.1) is 11.8 Å². The molecule has 0 aliphatic carbocycles. The van der Waals surface area contributed by atoms with Crippen molar-refractivity contribution in [1.29, 1.82) is 0 Å². The number of amides is 1. The number of carbonyl (C=O) groups is 1. The Kier molecular flexibility index (Phi) is 10.3. The van der Waals surface area contributed by atoms with Crippen LogP contribution in [0.5, 0.6) is 0 Å². The SMILES string of the molecule is CC.CC.CC1=C(C(=O)Nc2ccccc2-c2ccccc2)SCCO1. The number of carbonyl (C=O) groups excluding carboxylic acids is 1. The minimum Gasteiger partial charge on any atom is -0.496 e. The molecule has 26 heavy (non-hydrogen) atoms. The van der Waals surface area contributed by atoms with Crippen LogP contribution in [0.15, 0.2) is 65.3 Å². The highest BCUT2D eigenvalue weighted by Crippen LogP contribution is 2.30. The van der Waals surface area contributed by atoms with Gasteiger partial charge in [0.2, 0.25) is 0 Å². The van der Waals surface area contributed by atoms with Gasteiger partial charge in [0.1, 0.15) is 10.7 Å².